The van der Waals surface area contributed by atoms with Crippen molar-refractivity contribution >= 4 is 23.4 Å². The highest BCUT2D eigenvalue weighted by Gasteiger charge is 2.31. The number of para-hydroxylation sites is 2. The first kappa shape index (κ1) is 19.5. The van der Waals surface area contributed by atoms with E-state index in [1.165, 1.54) is 11.8 Å². The maximum Gasteiger partial charge on any atom is 0.242 e. The first-order chi connectivity index (χ1) is 14.2. The zero-order valence-corrected chi connectivity index (χ0v) is 17.4. The molecule has 0 radical (unpaired) electrons. The van der Waals surface area contributed by atoms with E-state index in [2.05, 4.69) is 15.5 Å². The second kappa shape index (κ2) is 8.69. The van der Waals surface area contributed by atoms with Gasteiger partial charge in [0.2, 0.25) is 5.91 Å². The zero-order valence-electron chi connectivity index (χ0n) is 16.5. The number of benzene rings is 2. The molecule has 0 saturated heterocycles. The van der Waals surface area contributed by atoms with Crippen molar-refractivity contribution in [1.29, 1.82) is 0 Å². The Hall–Kier alpha value is -2.80. The highest BCUT2D eigenvalue weighted by Crippen LogP contribution is 2.41. The fraction of sp³-hybridized carbons (Fsp3) is 0.318. The third-order valence-electron chi connectivity index (χ3n) is 4.82. The number of anilines is 1. The minimum absolute atomic E-state index is 0.121. The summed E-state index contributed by atoms with van der Waals surface area (Å²) in [6, 6.07) is 17.2. The Kier molecular flexibility index (Phi) is 5.85. The van der Waals surface area contributed by atoms with E-state index in [1.807, 2.05) is 73.1 Å². The third-order valence-corrected chi connectivity index (χ3v) is 6.11. The minimum atomic E-state index is -0.458. The van der Waals surface area contributed by atoms with Gasteiger partial charge >= 0.3 is 0 Å². The van der Waals surface area contributed by atoms with Gasteiger partial charge in [0, 0.05) is 13.0 Å². The molecular formula is C22H24N4O2S. The molecule has 1 N–H and O–H groups in total. The van der Waals surface area contributed by atoms with Gasteiger partial charge in [-0.05, 0) is 37.5 Å². The van der Waals surface area contributed by atoms with Crippen LogP contribution in [0.5, 0.6) is 5.75 Å². The van der Waals surface area contributed by atoms with Crippen LogP contribution in [0.15, 0.2) is 59.8 Å². The molecular weight excluding hydrogens is 384 g/mol. The van der Waals surface area contributed by atoms with Crippen LogP contribution in [0.4, 0.5) is 5.69 Å². The molecule has 1 fully saturated rings. The molecule has 4 rings (SSSR count). The second-order valence-corrected chi connectivity index (χ2v) is 8.07. The first-order valence-corrected chi connectivity index (χ1v) is 10.7. The standard InChI is InChI=1S/C22H24N4O2S/c1-3-28-18-12-8-7-11-17(18)23-21(27)19(15-9-5-4-6-10-15)29-22-25-24-20(26(22)2)16-13-14-16/h4-12,16,19H,3,13-14H2,1-2H3,(H,23,27)/t19-/m1/s1. The van der Waals surface area contributed by atoms with E-state index < -0.39 is 5.25 Å². The second-order valence-electron chi connectivity index (χ2n) is 7.00. The van der Waals surface area contributed by atoms with Crippen LogP contribution >= 0.6 is 11.8 Å². The van der Waals surface area contributed by atoms with Crippen LogP contribution in [-0.2, 0) is 11.8 Å². The highest BCUT2D eigenvalue weighted by atomic mass is 32.2. The normalized spacial score (nSPS) is 14.4. The molecule has 1 amide bonds. The van der Waals surface area contributed by atoms with E-state index in [0.717, 1.165) is 29.4 Å². The summed E-state index contributed by atoms with van der Waals surface area (Å²) in [5, 5.41) is 12.0. The van der Waals surface area contributed by atoms with Crippen LogP contribution in [-0.4, -0.2) is 27.3 Å². The molecule has 1 saturated carbocycles. The molecule has 29 heavy (non-hydrogen) atoms. The van der Waals surface area contributed by atoms with Crippen molar-refractivity contribution in [2.75, 3.05) is 11.9 Å². The molecule has 1 aromatic heterocycles. The lowest BCUT2D eigenvalue weighted by Gasteiger charge is -2.18. The first-order valence-electron chi connectivity index (χ1n) is 9.81. The van der Waals surface area contributed by atoms with Crippen molar-refractivity contribution in [2.45, 2.75) is 36.1 Å². The lowest BCUT2D eigenvalue weighted by atomic mass is 10.1. The van der Waals surface area contributed by atoms with Crippen molar-refractivity contribution in [1.82, 2.24) is 14.8 Å². The maximum absolute atomic E-state index is 13.3. The Morgan fingerprint density at radius 3 is 2.62 bits per heavy atom. The molecule has 1 aliphatic rings. The average Bonchev–Trinajstić information content (AvgIpc) is 3.52. The van der Waals surface area contributed by atoms with E-state index in [1.54, 1.807) is 0 Å². The van der Waals surface area contributed by atoms with E-state index in [-0.39, 0.29) is 5.91 Å². The predicted molar refractivity (Wildman–Crippen MR) is 114 cm³/mol. The number of ether oxygens (including phenoxy) is 1. The summed E-state index contributed by atoms with van der Waals surface area (Å²) in [5.74, 6) is 2.05. The third kappa shape index (κ3) is 4.45. The van der Waals surface area contributed by atoms with Crippen LogP contribution < -0.4 is 10.1 Å². The number of carbonyl (C=O) groups excluding carboxylic acids is 1. The van der Waals surface area contributed by atoms with Crippen LogP contribution in [0.2, 0.25) is 0 Å². The van der Waals surface area contributed by atoms with Gasteiger partial charge in [-0.1, -0.05) is 54.2 Å². The lowest BCUT2D eigenvalue weighted by Crippen LogP contribution is -2.20. The molecule has 0 aliphatic heterocycles. The zero-order chi connectivity index (χ0) is 20.2. The summed E-state index contributed by atoms with van der Waals surface area (Å²) in [4.78, 5) is 13.3. The Labute approximate surface area is 174 Å². The summed E-state index contributed by atoms with van der Waals surface area (Å²) in [7, 11) is 1.97. The molecule has 1 aliphatic carbocycles. The lowest BCUT2D eigenvalue weighted by molar-refractivity contribution is -0.115. The number of nitrogens with one attached hydrogen (secondary N) is 1. The van der Waals surface area contributed by atoms with Gasteiger partial charge < -0.3 is 14.6 Å². The molecule has 3 aromatic rings. The van der Waals surface area contributed by atoms with Crippen LogP contribution in [0.25, 0.3) is 0 Å². The molecule has 0 unspecified atom stereocenters. The minimum Gasteiger partial charge on any atom is -0.492 e. The van der Waals surface area contributed by atoms with E-state index in [4.69, 9.17) is 4.74 Å². The number of carbonyl (C=O) groups is 1. The van der Waals surface area contributed by atoms with Crippen molar-refractivity contribution in [3.05, 3.63) is 66.0 Å². The summed E-state index contributed by atoms with van der Waals surface area (Å²) < 4.78 is 7.66. The van der Waals surface area contributed by atoms with Gasteiger partial charge in [-0.3, -0.25) is 4.79 Å². The number of nitrogens with zero attached hydrogens (tertiary/aromatic N) is 3. The molecule has 0 bridgehead atoms. The number of hydrogen-bond acceptors (Lipinski definition) is 5. The Bertz CT molecular complexity index is 985. The monoisotopic (exact) mass is 408 g/mol. The molecule has 1 heterocycles. The quantitative estimate of drug-likeness (QED) is 0.553. The molecule has 150 valence electrons. The van der Waals surface area contributed by atoms with Crippen LogP contribution in [0.3, 0.4) is 0 Å². The highest BCUT2D eigenvalue weighted by molar-refractivity contribution is 8.00. The number of aromatic nitrogens is 3. The fourth-order valence-corrected chi connectivity index (χ4v) is 4.19. The largest absolute Gasteiger partial charge is 0.492 e. The van der Waals surface area contributed by atoms with Crippen molar-refractivity contribution in [2.24, 2.45) is 7.05 Å². The molecule has 7 heteroatoms. The smallest absolute Gasteiger partial charge is 0.242 e. The van der Waals surface area contributed by atoms with Crippen LogP contribution in [0.1, 0.15) is 42.3 Å². The Balaban J connectivity index is 1.60. The molecule has 6 nitrogen and oxygen atoms in total. The molecule has 0 spiro atoms. The number of hydrogen-bond donors (Lipinski definition) is 1. The maximum atomic E-state index is 13.3. The summed E-state index contributed by atoms with van der Waals surface area (Å²) >= 11 is 1.42. The Morgan fingerprint density at radius 2 is 1.90 bits per heavy atom. The van der Waals surface area contributed by atoms with Gasteiger partial charge in [-0.15, -0.1) is 10.2 Å². The topological polar surface area (TPSA) is 69.0 Å². The van der Waals surface area contributed by atoms with Gasteiger partial charge in [-0.25, -0.2) is 0 Å². The number of amides is 1. The van der Waals surface area contributed by atoms with Crippen molar-refractivity contribution < 1.29 is 9.53 Å². The molecule has 1 atom stereocenters. The number of rotatable bonds is 8. The SMILES string of the molecule is CCOc1ccccc1NC(=O)[C@H](Sc1nnc(C2CC2)n1C)c1ccccc1. The average molecular weight is 409 g/mol. The Morgan fingerprint density at radius 1 is 1.17 bits per heavy atom. The van der Waals surface area contributed by atoms with Crippen LogP contribution in [0, 0.1) is 0 Å². The van der Waals surface area contributed by atoms with Gasteiger partial charge in [0.1, 0.15) is 16.8 Å². The predicted octanol–water partition coefficient (Wildman–Crippen LogP) is 4.56. The van der Waals surface area contributed by atoms with Gasteiger partial charge in [0.15, 0.2) is 5.16 Å². The summed E-state index contributed by atoms with van der Waals surface area (Å²) in [6.45, 7) is 2.46. The van der Waals surface area contributed by atoms with Gasteiger partial charge in [0.05, 0.1) is 12.3 Å². The summed E-state index contributed by atoms with van der Waals surface area (Å²) in [5.41, 5.74) is 1.58. The van der Waals surface area contributed by atoms with Crippen molar-refractivity contribution in [3.8, 4) is 5.75 Å². The van der Waals surface area contributed by atoms with Crippen molar-refractivity contribution in [3.63, 3.8) is 0 Å². The van der Waals surface area contributed by atoms with Gasteiger partial charge in [-0.2, -0.15) is 0 Å². The fourth-order valence-electron chi connectivity index (χ4n) is 3.18. The van der Waals surface area contributed by atoms with E-state index in [9.17, 15) is 4.79 Å². The van der Waals surface area contributed by atoms with E-state index >= 15 is 0 Å². The summed E-state index contributed by atoms with van der Waals surface area (Å²) in [6.07, 6.45) is 2.32. The molecule has 2 aromatic carbocycles. The number of thioether (sulfide) groups is 1. The van der Waals surface area contributed by atoms with E-state index in [0.29, 0.717) is 24.0 Å². The van der Waals surface area contributed by atoms with Gasteiger partial charge in [0.25, 0.3) is 0 Å².